The van der Waals surface area contributed by atoms with Crippen molar-refractivity contribution in [2.45, 2.75) is 62.4 Å². The van der Waals surface area contributed by atoms with Crippen molar-refractivity contribution in [3.8, 4) is 0 Å². The smallest absolute Gasteiger partial charge is 0.464 e. The number of hydrogen-bond donors (Lipinski definition) is 2. The molecule has 0 saturated heterocycles. The first kappa shape index (κ1) is 47.3. The van der Waals surface area contributed by atoms with Crippen molar-refractivity contribution in [2.75, 3.05) is 55.5 Å². The summed E-state index contributed by atoms with van der Waals surface area (Å²) in [6, 6.07) is 0.243. The van der Waals surface area contributed by atoms with Gasteiger partial charge < -0.3 is 26.9 Å². The molecule has 0 aliphatic carbocycles. The summed E-state index contributed by atoms with van der Waals surface area (Å²) >= 11 is 0. The van der Waals surface area contributed by atoms with Crippen LogP contribution in [0.25, 0.3) is 0 Å². The Labute approximate surface area is 205 Å². The molecule has 0 rings (SSSR count). The average Bonchev–Trinajstić information content (AvgIpc) is 2.43. The molecule has 0 radical (unpaired) electrons. The van der Waals surface area contributed by atoms with E-state index >= 15 is 0 Å². The molecule has 0 aromatic carbocycles. The summed E-state index contributed by atoms with van der Waals surface area (Å²) in [5.74, 6) is 0.272. The maximum absolute atomic E-state index is 10.9. The number of likely N-dealkylation sites (N-methyl/N-ethyl adjacent to an activating group) is 1. The van der Waals surface area contributed by atoms with Gasteiger partial charge >= 0.3 is 21.1 Å². The second-order valence-corrected chi connectivity index (χ2v) is 7.55. The summed E-state index contributed by atoms with van der Waals surface area (Å²) in [4.78, 5) is 27.3. The second kappa shape index (κ2) is 33.2. The molecule has 30 heavy (non-hydrogen) atoms. The number of nitrogens with zero attached hydrogens (tertiary/aromatic N) is 3. The van der Waals surface area contributed by atoms with Gasteiger partial charge in [-0.15, -0.1) is 0 Å². The predicted octanol–water partition coefficient (Wildman–Crippen LogP) is 3.19. The molecule has 0 fully saturated rings. The van der Waals surface area contributed by atoms with Crippen LogP contribution in [-0.2, 0) is 30.7 Å². The topological polar surface area (TPSA) is 67.9 Å². The van der Waals surface area contributed by atoms with Crippen molar-refractivity contribution in [1.29, 1.82) is 0 Å². The number of carbonyl (C=O) groups excluding carboxylic acids is 2. The SMILES string of the molecule is C.C.CC(C)C(=O)NCN(C)C.CC(C)NC(=O)CN(C)C.C[CH-]C.[CH2-]N(C)C.[W+2]. The fourth-order valence-corrected chi connectivity index (χ4v) is 1.09. The van der Waals surface area contributed by atoms with Gasteiger partial charge in [0.1, 0.15) is 0 Å². The molecule has 2 amide bonds. The Kier molecular flexibility index (Phi) is 52.3. The molecule has 0 aromatic heterocycles. The molecule has 2 N–H and O–H groups in total. The molecule has 0 aliphatic rings. The Bertz CT molecular complexity index is 323. The van der Waals surface area contributed by atoms with Gasteiger partial charge in [0.15, 0.2) is 0 Å². The van der Waals surface area contributed by atoms with Crippen LogP contribution in [0.2, 0.25) is 0 Å². The largest absolute Gasteiger partial charge is 2.00 e. The number of carbonyl (C=O) groups is 2. The first-order valence-corrected chi connectivity index (χ1v) is 9.29. The van der Waals surface area contributed by atoms with Crippen LogP contribution < -0.4 is 10.6 Å². The average molecular weight is 606 g/mol. The minimum atomic E-state index is 0. The predicted molar refractivity (Wildman–Crippen MR) is 132 cm³/mol. The zero-order valence-corrected chi connectivity index (χ0v) is 23.4. The Morgan fingerprint density at radius 1 is 0.900 bits per heavy atom. The van der Waals surface area contributed by atoms with E-state index in [0.717, 1.165) is 0 Å². The van der Waals surface area contributed by atoms with Gasteiger partial charge in [-0.05, 0) is 56.1 Å². The quantitative estimate of drug-likeness (QED) is 0.360. The Morgan fingerprint density at radius 3 is 1.43 bits per heavy atom. The van der Waals surface area contributed by atoms with Crippen molar-refractivity contribution in [2.24, 2.45) is 5.92 Å². The van der Waals surface area contributed by atoms with Gasteiger partial charge in [0.2, 0.25) is 11.8 Å². The van der Waals surface area contributed by atoms with Crippen molar-refractivity contribution in [3.05, 3.63) is 13.5 Å². The minimum absolute atomic E-state index is 0. The number of hydrogen-bond acceptors (Lipinski definition) is 5. The third kappa shape index (κ3) is 70.9. The van der Waals surface area contributed by atoms with Crippen LogP contribution in [0.5, 0.6) is 0 Å². The van der Waals surface area contributed by atoms with E-state index in [1.54, 1.807) is 4.90 Å². The van der Waals surface area contributed by atoms with Crippen LogP contribution in [0, 0.1) is 19.4 Å². The molecule has 0 saturated carbocycles. The molecule has 0 heterocycles. The van der Waals surface area contributed by atoms with Gasteiger partial charge in [-0.2, -0.15) is 13.8 Å². The molecule has 0 aromatic rings. The van der Waals surface area contributed by atoms with E-state index in [1.807, 2.05) is 100 Å². The van der Waals surface area contributed by atoms with Crippen molar-refractivity contribution in [3.63, 3.8) is 0 Å². The van der Waals surface area contributed by atoms with Gasteiger partial charge in [-0.3, -0.25) is 21.5 Å². The zero-order valence-electron chi connectivity index (χ0n) is 20.4. The van der Waals surface area contributed by atoms with Crippen molar-refractivity contribution < 1.29 is 30.7 Å². The van der Waals surface area contributed by atoms with Gasteiger partial charge in [0.05, 0.1) is 13.2 Å². The van der Waals surface area contributed by atoms with E-state index in [9.17, 15) is 9.59 Å². The van der Waals surface area contributed by atoms with Gasteiger partial charge in [0, 0.05) is 12.0 Å². The van der Waals surface area contributed by atoms with Crippen LogP contribution in [0.3, 0.4) is 0 Å². The molecule has 0 unspecified atom stereocenters. The first-order valence-electron chi connectivity index (χ1n) is 9.29. The molecule has 8 heteroatoms. The number of rotatable bonds is 6. The third-order valence-corrected chi connectivity index (χ3v) is 2.00. The molecule has 0 spiro atoms. The molecule has 0 aliphatic heterocycles. The van der Waals surface area contributed by atoms with E-state index in [2.05, 4.69) is 17.7 Å². The van der Waals surface area contributed by atoms with Crippen LogP contribution in [0.1, 0.15) is 56.4 Å². The fourth-order valence-electron chi connectivity index (χ4n) is 1.09. The maximum atomic E-state index is 10.9. The molecule has 0 bridgehead atoms. The Balaban J connectivity index is -0.0000000501. The Hall–Kier alpha value is -0.492. The van der Waals surface area contributed by atoms with Gasteiger partial charge in [-0.1, -0.05) is 28.7 Å². The van der Waals surface area contributed by atoms with Crippen LogP contribution in [0.4, 0.5) is 0 Å². The standard InChI is InChI=1S/2C7H16N2O.C3H8N.C3H7.2CH4.W/c1-6(2)7(10)8-5-9(3)4;1-6(2)8-7(10)5-9(3)4;1-4(2)3;1-3-2;;;/h2*6H,5H2,1-4H3,(H,8,10);1H2,2-3H3;3H,1-2H3;2*1H4;/q;;2*-1;;;+2. The second-order valence-electron chi connectivity index (χ2n) is 7.55. The van der Waals surface area contributed by atoms with E-state index in [0.29, 0.717) is 13.2 Å². The van der Waals surface area contributed by atoms with E-state index < -0.39 is 0 Å². The summed E-state index contributed by atoms with van der Waals surface area (Å²) in [6.07, 6.45) is 2.00. The molecule has 186 valence electrons. The van der Waals surface area contributed by atoms with Crippen molar-refractivity contribution >= 4 is 11.8 Å². The van der Waals surface area contributed by atoms with Gasteiger partial charge in [0.25, 0.3) is 0 Å². The minimum Gasteiger partial charge on any atom is -0.464 e. The van der Waals surface area contributed by atoms with E-state index in [1.165, 1.54) is 0 Å². The zero-order chi connectivity index (χ0) is 22.6. The Morgan fingerprint density at radius 2 is 1.23 bits per heavy atom. The summed E-state index contributed by atoms with van der Waals surface area (Å²) in [5.41, 5.74) is 0. The van der Waals surface area contributed by atoms with Crippen LogP contribution in [-0.4, -0.2) is 88.1 Å². The normalized spacial score (nSPS) is 8.87. The molecular weight excluding hydrogens is 550 g/mol. The van der Waals surface area contributed by atoms with Crippen LogP contribution in [0.15, 0.2) is 0 Å². The first-order chi connectivity index (χ1) is 12.2. The summed E-state index contributed by atoms with van der Waals surface area (Å²) in [5, 5.41) is 5.56. The number of nitrogens with one attached hydrogen (secondary N) is 2. The summed E-state index contributed by atoms with van der Waals surface area (Å²) < 4.78 is 0. The fraction of sp³-hybridized carbons (Fsp3) is 0.818. The third-order valence-electron chi connectivity index (χ3n) is 2.00. The van der Waals surface area contributed by atoms with E-state index in [4.69, 9.17) is 0 Å². The van der Waals surface area contributed by atoms with Gasteiger partial charge in [-0.25, -0.2) is 0 Å². The molecule has 7 nitrogen and oxygen atoms in total. The monoisotopic (exact) mass is 605 g/mol. The van der Waals surface area contributed by atoms with Crippen LogP contribution >= 0.6 is 0 Å². The maximum Gasteiger partial charge on any atom is 2.00 e. The number of amides is 2. The summed E-state index contributed by atoms with van der Waals surface area (Å²) in [7, 11) is 14.8. The molecular formula is C22H55N5O2W. The molecule has 0 atom stereocenters. The van der Waals surface area contributed by atoms with E-state index in [-0.39, 0.29) is 59.7 Å². The van der Waals surface area contributed by atoms with Crippen molar-refractivity contribution in [1.82, 2.24) is 25.3 Å². The summed E-state index contributed by atoms with van der Waals surface area (Å²) in [6.45, 7) is 12.8.